The highest BCUT2D eigenvalue weighted by molar-refractivity contribution is 14.1. The van der Waals surface area contributed by atoms with Crippen LogP contribution in [0.5, 0.6) is 5.75 Å². The number of hydrogen-bond acceptors (Lipinski definition) is 5. The molecule has 1 aliphatic heterocycles. The normalized spacial score (nSPS) is 17.3. The van der Waals surface area contributed by atoms with Gasteiger partial charge in [-0.25, -0.2) is 8.42 Å². The van der Waals surface area contributed by atoms with E-state index in [-0.39, 0.29) is 10.8 Å². The maximum atomic E-state index is 12.9. The van der Waals surface area contributed by atoms with E-state index in [0.717, 1.165) is 9.99 Å². The Bertz CT molecular complexity index is 979. The van der Waals surface area contributed by atoms with Gasteiger partial charge in [-0.1, -0.05) is 0 Å². The van der Waals surface area contributed by atoms with Gasteiger partial charge in [-0.05, 0) is 84.8 Å². The summed E-state index contributed by atoms with van der Waals surface area (Å²) in [6.45, 7) is 2.76. The number of halogens is 1. The van der Waals surface area contributed by atoms with Gasteiger partial charge in [-0.3, -0.25) is 4.79 Å². The van der Waals surface area contributed by atoms with E-state index in [2.05, 4.69) is 27.9 Å². The molecule has 3 rings (SSSR count). The lowest BCUT2D eigenvalue weighted by Crippen LogP contribution is -2.37. The van der Waals surface area contributed by atoms with Gasteiger partial charge in [0.05, 0.1) is 15.6 Å². The third kappa shape index (κ3) is 4.90. The van der Waals surface area contributed by atoms with Gasteiger partial charge in [0, 0.05) is 24.4 Å². The van der Waals surface area contributed by atoms with Crippen molar-refractivity contribution in [1.29, 1.82) is 0 Å². The summed E-state index contributed by atoms with van der Waals surface area (Å²) in [5.41, 5.74) is 1.01. The zero-order valence-electron chi connectivity index (χ0n) is 16.2. The van der Waals surface area contributed by atoms with Crippen LogP contribution in [0.4, 0.5) is 5.69 Å². The van der Waals surface area contributed by atoms with Crippen LogP contribution >= 0.6 is 22.6 Å². The fraction of sp³-hybridized carbons (Fsp3) is 0.350. The molecule has 1 fully saturated rings. The van der Waals surface area contributed by atoms with Crippen LogP contribution < -0.4 is 10.1 Å². The monoisotopic (exact) mass is 530 g/mol. The van der Waals surface area contributed by atoms with Crippen LogP contribution in [-0.2, 0) is 14.8 Å². The van der Waals surface area contributed by atoms with Crippen molar-refractivity contribution in [3.8, 4) is 5.75 Å². The number of anilines is 1. The van der Waals surface area contributed by atoms with Gasteiger partial charge in [-0.15, -0.1) is 0 Å². The lowest BCUT2D eigenvalue weighted by Gasteiger charge is -2.23. The largest absolute Gasteiger partial charge is 0.496 e. The lowest BCUT2D eigenvalue weighted by molar-refractivity contribution is 0.00908. The maximum Gasteiger partial charge on any atom is 0.255 e. The first-order chi connectivity index (χ1) is 13.9. The number of methoxy groups -OCH3 is 1. The molecule has 1 amide bonds. The van der Waals surface area contributed by atoms with Crippen molar-refractivity contribution in [2.75, 3.05) is 25.6 Å². The summed E-state index contributed by atoms with van der Waals surface area (Å²) < 4.78 is 38.8. The van der Waals surface area contributed by atoms with Gasteiger partial charge in [0.1, 0.15) is 12.0 Å². The first kappa shape index (κ1) is 22.0. The van der Waals surface area contributed by atoms with Gasteiger partial charge >= 0.3 is 0 Å². The van der Waals surface area contributed by atoms with E-state index in [1.54, 1.807) is 37.4 Å². The first-order valence-corrected chi connectivity index (χ1v) is 11.8. The third-order valence-electron chi connectivity index (χ3n) is 4.64. The van der Waals surface area contributed by atoms with Gasteiger partial charge in [-0.2, -0.15) is 4.31 Å². The molecule has 2 aromatic carbocycles. The summed E-state index contributed by atoms with van der Waals surface area (Å²) >= 11 is 2.10. The molecule has 0 spiro atoms. The minimum atomic E-state index is -3.64. The van der Waals surface area contributed by atoms with E-state index in [1.165, 1.54) is 16.4 Å². The van der Waals surface area contributed by atoms with E-state index >= 15 is 0 Å². The molecule has 0 bridgehead atoms. The highest BCUT2D eigenvalue weighted by atomic mass is 127. The number of carbonyl (C=O) groups is 1. The molecular formula is C20H23IN2O5S. The number of carbonyl (C=O) groups excluding carboxylic acids is 1. The van der Waals surface area contributed by atoms with Crippen molar-refractivity contribution < 1.29 is 22.7 Å². The molecule has 156 valence electrons. The van der Waals surface area contributed by atoms with E-state index in [0.29, 0.717) is 36.6 Å². The number of benzene rings is 2. The SMILES string of the molecule is CCOC1CCCN1S(=O)(=O)c1ccc(NC(=O)c2ccc(OC)c(I)c2)cc1. The second kappa shape index (κ2) is 9.41. The van der Waals surface area contributed by atoms with E-state index in [1.807, 2.05) is 6.92 Å². The molecule has 1 aliphatic rings. The van der Waals surface area contributed by atoms with Crippen LogP contribution in [0.3, 0.4) is 0 Å². The summed E-state index contributed by atoms with van der Waals surface area (Å²) in [6, 6.07) is 11.3. The summed E-state index contributed by atoms with van der Waals surface area (Å²) in [5.74, 6) is 0.418. The molecule has 1 unspecified atom stereocenters. The van der Waals surface area contributed by atoms with Crippen molar-refractivity contribution in [1.82, 2.24) is 4.31 Å². The van der Waals surface area contributed by atoms with Crippen LogP contribution in [0.2, 0.25) is 0 Å². The molecular weight excluding hydrogens is 507 g/mol. The van der Waals surface area contributed by atoms with Gasteiger partial charge in [0.2, 0.25) is 10.0 Å². The van der Waals surface area contributed by atoms with Crippen LogP contribution in [0, 0.1) is 3.57 Å². The Hall–Kier alpha value is -1.69. The number of sulfonamides is 1. The smallest absolute Gasteiger partial charge is 0.255 e. The zero-order valence-corrected chi connectivity index (χ0v) is 19.2. The van der Waals surface area contributed by atoms with Crippen LogP contribution in [-0.4, -0.2) is 45.1 Å². The number of nitrogens with zero attached hydrogens (tertiary/aromatic N) is 1. The highest BCUT2D eigenvalue weighted by Crippen LogP contribution is 2.28. The molecule has 0 aliphatic carbocycles. The number of amides is 1. The summed E-state index contributed by atoms with van der Waals surface area (Å²) in [5, 5.41) is 2.78. The lowest BCUT2D eigenvalue weighted by atomic mass is 10.2. The zero-order chi connectivity index (χ0) is 21.0. The molecule has 1 heterocycles. The van der Waals surface area contributed by atoms with Crippen LogP contribution in [0.25, 0.3) is 0 Å². The molecule has 1 atom stereocenters. The maximum absolute atomic E-state index is 12.9. The van der Waals surface area contributed by atoms with Crippen molar-refractivity contribution in [3.05, 3.63) is 51.6 Å². The van der Waals surface area contributed by atoms with Crippen LogP contribution in [0.15, 0.2) is 47.4 Å². The Morgan fingerprint density at radius 1 is 1.24 bits per heavy atom. The van der Waals surface area contributed by atoms with E-state index < -0.39 is 16.3 Å². The molecule has 2 aromatic rings. The van der Waals surface area contributed by atoms with Gasteiger partial charge in [0.25, 0.3) is 5.91 Å². The minimum absolute atomic E-state index is 0.182. The molecule has 7 nitrogen and oxygen atoms in total. The fourth-order valence-electron chi connectivity index (χ4n) is 3.20. The fourth-order valence-corrected chi connectivity index (χ4v) is 5.53. The topological polar surface area (TPSA) is 84.9 Å². The predicted molar refractivity (Wildman–Crippen MR) is 119 cm³/mol. The molecule has 0 aromatic heterocycles. The van der Waals surface area contributed by atoms with Gasteiger partial charge in [0.15, 0.2) is 0 Å². The Labute approximate surface area is 184 Å². The number of ether oxygens (including phenoxy) is 2. The highest BCUT2D eigenvalue weighted by Gasteiger charge is 2.35. The summed E-state index contributed by atoms with van der Waals surface area (Å²) in [7, 11) is -2.07. The quantitative estimate of drug-likeness (QED) is 0.552. The Morgan fingerprint density at radius 3 is 2.59 bits per heavy atom. The van der Waals surface area contributed by atoms with Crippen molar-refractivity contribution in [2.45, 2.75) is 30.9 Å². The minimum Gasteiger partial charge on any atom is -0.496 e. The molecule has 29 heavy (non-hydrogen) atoms. The molecule has 1 saturated heterocycles. The number of nitrogens with one attached hydrogen (secondary N) is 1. The van der Waals surface area contributed by atoms with Crippen molar-refractivity contribution in [3.63, 3.8) is 0 Å². The molecule has 1 N–H and O–H groups in total. The summed E-state index contributed by atoms with van der Waals surface area (Å²) in [6.07, 6.45) is 1.06. The molecule has 0 radical (unpaired) electrons. The third-order valence-corrected chi connectivity index (χ3v) is 7.39. The van der Waals surface area contributed by atoms with Crippen molar-refractivity contribution in [2.24, 2.45) is 0 Å². The standard InChI is InChI=1S/C20H23IN2O5S/c1-3-28-19-5-4-12-23(19)29(25,26)16-9-7-15(8-10-16)22-20(24)14-6-11-18(27-2)17(21)13-14/h6-11,13,19H,3-5,12H2,1-2H3,(H,22,24). The first-order valence-electron chi connectivity index (χ1n) is 9.25. The Morgan fingerprint density at radius 2 is 1.97 bits per heavy atom. The second-order valence-electron chi connectivity index (χ2n) is 6.50. The second-order valence-corrected chi connectivity index (χ2v) is 9.55. The van der Waals surface area contributed by atoms with E-state index in [9.17, 15) is 13.2 Å². The summed E-state index contributed by atoms with van der Waals surface area (Å²) in [4.78, 5) is 12.7. The van der Waals surface area contributed by atoms with Crippen molar-refractivity contribution >= 4 is 44.2 Å². The molecule has 0 saturated carbocycles. The van der Waals surface area contributed by atoms with Gasteiger partial charge < -0.3 is 14.8 Å². The van der Waals surface area contributed by atoms with E-state index in [4.69, 9.17) is 9.47 Å². The predicted octanol–water partition coefficient (Wildman–Crippen LogP) is 3.70. The average Bonchev–Trinajstić information content (AvgIpc) is 3.18. The Kier molecular flexibility index (Phi) is 7.14. The Balaban J connectivity index is 1.73. The van der Waals surface area contributed by atoms with Crippen LogP contribution in [0.1, 0.15) is 30.1 Å². The number of rotatable bonds is 7. The number of hydrogen-bond donors (Lipinski definition) is 1. The molecule has 9 heteroatoms. The average molecular weight is 530 g/mol.